The van der Waals surface area contributed by atoms with Crippen molar-refractivity contribution in [1.82, 2.24) is 5.32 Å². The summed E-state index contributed by atoms with van der Waals surface area (Å²) in [4.78, 5) is 0. The molecule has 2 aromatic rings. The van der Waals surface area contributed by atoms with Crippen molar-refractivity contribution in [3.05, 3.63) is 58.6 Å². The third-order valence-electron chi connectivity index (χ3n) is 3.57. The molecule has 0 aromatic heterocycles. The molecule has 1 N–H and O–H groups in total. The second-order valence-corrected chi connectivity index (χ2v) is 6.21. The molecule has 0 spiro atoms. The molecule has 0 aliphatic carbocycles. The summed E-state index contributed by atoms with van der Waals surface area (Å²) in [5.74, 6) is 1.41. The molecule has 2 aromatic carbocycles. The van der Waals surface area contributed by atoms with Crippen molar-refractivity contribution in [2.45, 2.75) is 39.5 Å². The molecule has 1 unspecified atom stereocenters. The highest BCUT2D eigenvalue weighted by Crippen LogP contribution is 2.35. The first-order valence-corrected chi connectivity index (χ1v) is 8.20. The Bertz CT molecular complexity index is 629. The maximum absolute atomic E-state index is 6.21. The molecule has 2 rings (SSSR count). The average Bonchev–Trinajstić information content (AvgIpc) is 2.54. The van der Waals surface area contributed by atoms with Crippen LogP contribution in [0.2, 0.25) is 5.02 Å². The maximum Gasteiger partial charge on any atom is 0.166 e. The van der Waals surface area contributed by atoms with Gasteiger partial charge in [-0.2, -0.15) is 0 Å². The van der Waals surface area contributed by atoms with E-state index >= 15 is 0 Å². The zero-order valence-corrected chi connectivity index (χ0v) is 14.9. The van der Waals surface area contributed by atoms with Crippen LogP contribution < -0.4 is 14.8 Å². The molecule has 4 heteroatoms. The van der Waals surface area contributed by atoms with Crippen molar-refractivity contribution < 1.29 is 9.47 Å². The van der Waals surface area contributed by atoms with Gasteiger partial charge in [0.15, 0.2) is 11.5 Å². The van der Waals surface area contributed by atoms with Crippen LogP contribution >= 0.6 is 11.6 Å². The Morgan fingerprint density at radius 1 is 1.09 bits per heavy atom. The molecule has 0 fully saturated rings. The zero-order chi connectivity index (χ0) is 16.8. The first kappa shape index (κ1) is 17.6. The van der Waals surface area contributed by atoms with E-state index < -0.39 is 0 Å². The fraction of sp³-hybridized carbons (Fsp3) is 0.368. The number of hydrogen-bond donors (Lipinski definition) is 1. The lowest BCUT2D eigenvalue weighted by atomic mass is 10.1. The molecule has 0 radical (unpaired) electrons. The van der Waals surface area contributed by atoms with Gasteiger partial charge in [-0.3, -0.25) is 0 Å². The number of rotatable bonds is 7. The Morgan fingerprint density at radius 3 is 2.39 bits per heavy atom. The summed E-state index contributed by atoms with van der Waals surface area (Å²) in [6.07, 6.45) is 0.0652. The molecule has 0 saturated carbocycles. The van der Waals surface area contributed by atoms with Gasteiger partial charge in [0, 0.05) is 29.2 Å². The van der Waals surface area contributed by atoms with E-state index in [9.17, 15) is 0 Å². The van der Waals surface area contributed by atoms with Crippen LogP contribution in [0.25, 0.3) is 0 Å². The van der Waals surface area contributed by atoms with Crippen LogP contribution in [0, 0.1) is 0 Å². The van der Waals surface area contributed by atoms with Gasteiger partial charge >= 0.3 is 0 Å². The van der Waals surface area contributed by atoms with Crippen molar-refractivity contribution in [3.8, 4) is 11.5 Å². The molecule has 3 nitrogen and oxygen atoms in total. The van der Waals surface area contributed by atoms with Crippen molar-refractivity contribution >= 4 is 11.6 Å². The summed E-state index contributed by atoms with van der Waals surface area (Å²) in [7, 11) is 1.63. The Hall–Kier alpha value is -1.71. The molecule has 23 heavy (non-hydrogen) atoms. The fourth-order valence-electron chi connectivity index (χ4n) is 2.40. The van der Waals surface area contributed by atoms with Crippen LogP contribution in [0.1, 0.15) is 37.9 Å². The molecule has 0 aliphatic rings. The minimum atomic E-state index is 0.0652. The Balaban J connectivity index is 2.19. The van der Waals surface area contributed by atoms with Gasteiger partial charge in [-0.05, 0) is 32.4 Å². The van der Waals surface area contributed by atoms with Gasteiger partial charge < -0.3 is 14.8 Å². The van der Waals surface area contributed by atoms with Crippen LogP contribution in [0.3, 0.4) is 0 Å². The molecule has 0 amide bonds. The van der Waals surface area contributed by atoms with Crippen molar-refractivity contribution in [2.24, 2.45) is 0 Å². The average molecular weight is 334 g/mol. The van der Waals surface area contributed by atoms with Crippen molar-refractivity contribution in [1.29, 1.82) is 0 Å². The maximum atomic E-state index is 6.21. The number of halogens is 1. The molecular formula is C19H24ClNO2. The van der Waals surface area contributed by atoms with Crippen LogP contribution in [0.4, 0.5) is 0 Å². The van der Waals surface area contributed by atoms with Crippen LogP contribution in [0.5, 0.6) is 11.5 Å². The highest BCUT2D eigenvalue weighted by Gasteiger charge is 2.15. The molecule has 124 valence electrons. The Kier molecular flexibility index (Phi) is 6.31. The minimum Gasteiger partial charge on any atom is -0.493 e. The molecular weight excluding hydrogens is 310 g/mol. The van der Waals surface area contributed by atoms with Gasteiger partial charge in [0.25, 0.3) is 0 Å². The predicted molar refractivity (Wildman–Crippen MR) is 95.5 cm³/mol. The van der Waals surface area contributed by atoms with E-state index in [1.165, 1.54) is 5.56 Å². The molecule has 1 atom stereocenters. The minimum absolute atomic E-state index is 0.0652. The summed E-state index contributed by atoms with van der Waals surface area (Å²) in [5.41, 5.74) is 2.23. The first-order valence-electron chi connectivity index (χ1n) is 7.82. The van der Waals surface area contributed by atoms with E-state index in [1.54, 1.807) is 13.2 Å². The molecule has 0 heterocycles. The number of methoxy groups -OCH3 is 1. The molecule has 0 aliphatic heterocycles. The highest BCUT2D eigenvalue weighted by molar-refractivity contribution is 6.30. The summed E-state index contributed by atoms with van der Waals surface area (Å²) in [6.45, 7) is 6.78. The van der Waals surface area contributed by atoms with E-state index in [0.29, 0.717) is 17.3 Å². The lowest BCUT2D eigenvalue weighted by molar-refractivity contribution is 0.227. The number of ether oxygens (including phenoxy) is 2. The number of hydrogen-bond acceptors (Lipinski definition) is 3. The van der Waals surface area contributed by atoms with E-state index in [4.69, 9.17) is 21.1 Å². The third kappa shape index (κ3) is 4.88. The highest BCUT2D eigenvalue weighted by atomic mass is 35.5. The van der Waals surface area contributed by atoms with Crippen LogP contribution in [-0.2, 0) is 6.54 Å². The lowest BCUT2D eigenvalue weighted by Crippen LogP contribution is -2.19. The van der Waals surface area contributed by atoms with Gasteiger partial charge in [0.2, 0.25) is 0 Å². The van der Waals surface area contributed by atoms with Gasteiger partial charge in [-0.25, -0.2) is 0 Å². The monoisotopic (exact) mass is 333 g/mol. The van der Waals surface area contributed by atoms with Gasteiger partial charge in [-0.15, -0.1) is 0 Å². The van der Waals surface area contributed by atoms with Crippen LogP contribution in [-0.4, -0.2) is 13.2 Å². The van der Waals surface area contributed by atoms with E-state index in [1.807, 2.05) is 38.1 Å². The first-order chi connectivity index (χ1) is 11.0. The van der Waals surface area contributed by atoms with Gasteiger partial charge in [-0.1, -0.05) is 41.9 Å². The van der Waals surface area contributed by atoms with Crippen molar-refractivity contribution in [3.63, 3.8) is 0 Å². The predicted octanol–water partition coefficient (Wildman–Crippen LogP) is 4.99. The smallest absolute Gasteiger partial charge is 0.166 e. The van der Waals surface area contributed by atoms with Gasteiger partial charge in [0.05, 0.1) is 13.2 Å². The topological polar surface area (TPSA) is 30.5 Å². The second-order valence-electron chi connectivity index (χ2n) is 5.78. The fourth-order valence-corrected chi connectivity index (χ4v) is 2.63. The largest absolute Gasteiger partial charge is 0.493 e. The van der Waals surface area contributed by atoms with Crippen LogP contribution in [0.15, 0.2) is 42.5 Å². The van der Waals surface area contributed by atoms with E-state index in [0.717, 1.165) is 11.3 Å². The third-order valence-corrected chi connectivity index (χ3v) is 3.79. The summed E-state index contributed by atoms with van der Waals surface area (Å²) in [6, 6.07) is 14.3. The lowest BCUT2D eigenvalue weighted by Gasteiger charge is -2.20. The van der Waals surface area contributed by atoms with Gasteiger partial charge in [0.1, 0.15) is 0 Å². The number of benzene rings is 2. The quantitative estimate of drug-likeness (QED) is 0.774. The summed E-state index contributed by atoms with van der Waals surface area (Å²) < 4.78 is 11.4. The van der Waals surface area contributed by atoms with E-state index in [2.05, 4.69) is 24.4 Å². The SMILES string of the molecule is COc1cc(Cl)cc(CNC(C)c2ccccc2)c1OC(C)C. The summed E-state index contributed by atoms with van der Waals surface area (Å²) >= 11 is 6.21. The Labute approximate surface area is 143 Å². The Morgan fingerprint density at radius 2 is 1.78 bits per heavy atom. The summed E-state index contributed by atoms with van der Waals surface area (Å²) in [5, 5.41) is 4.15. The standard InChI is InChI=1S/C19H24ClNO2/c1-13(2)23-19-16(10-17(20)11-18(19)22-4)12-21-14(3)15-8-6-5-7-9-15/h5-11,13-14,21H,12H2,1-4H3. The van der Waals surface area contributed by atoms with E-state index in [-0.39, 0.29) is 12.1 Å². The molecule has 0 saturated heterocycles. The normalized spacial score (nSPS) is 12.3. The number of nitrogens with one attached hydrogen (secondary N) is 1. The zero-order valence-electron chi connectivity index (χ0n) is 14.1. The van der Waals surface area contributed by atoms with Crippen molar-refractivity contribution in [2.75, 3.05) is 7.11 Å². The second kappa shape index (κ2) is 8.23. The molecule has 0 bridgehead atoms.